The Kier molecular flexibility index (Phi) is 6.15. The summed E-state index contributed by atoms with van der Waals surface area (Å²) < 4.78 is 0. The molecule has 2 rings (SSSR count). The summed E-state index contributed by atoms with van der Waals surface area (Å²) >= 11 is 0. The van der Waals surface area contributed by atoms with Crippen LogP contribution in [-0.2, 0) is 6.54 Å². The van der Waals surface area contributed by atoms with E-state index in [1.165, 1.54) is 5.56 Å². The zero-order valence-corrected chi connectivity index (χ0v) is 13.7. The summed E-state index contributed by atoms with van der Waals surface area (Å²) in [4.78, 5) is 13.1. The summed E-state index contributed by atoms with van der Waals surface area (Å²) in [5, 5.41) is 3.34. The first-order valence-corrected chi connectivity index (χ1v) is 7.68. The number of likely N-dealkylation sites (N-methyl/N-ethyl adjacent to an activating group) is 1. The SMILES string of the molecule is CCN(Cc1ccccc1)c1cc(NCCN(C)C)ncn1. The summed E-state index contributed by atoms with van der Waals surface area (Å²) in [7, 11) is 4.12. The van der Waals surface area contributed by atoms with Gasteiger partial charge in [0, 0.05) is 32.2 Å². The van der Waals surface area contributed by atoms with Gasteiger partial charge >= 0.3 is 0 Å². The van der Waals surface area contributed by atoms with Gasteiger partial charge in [-0.3, -0.25) is 0 Å². The van der Waals surface area contributed by atoms with Gasteiger partial charge in [0.2, 0.25) is 0 Å². The van der Waals surface area contributed by atoms with Gasteiger partial charge in [-0.05, 0) is 26.6 Å². The smallest absolute Gasteiger partial charge is 0.134 e. The van der Waals surface area contributed by atoms with Crippen LogP contribution in [0.3, 0.4) is 0 Å². The highest BCUT2D eigenvalue weighted by atomic mass is 15.2. The standard InChI is InChI=1S/C17H25N5/c1-4-22(13-15-8-6-5-7-9-15)17-12-16(19-14-20-17)18-10-11-21(2)3/h5-9,12,14H,4,10-11,13H2,1-3H3,(H,18,19,20). The number of aromatic nitrogens is 2. The molecule has 2 aromatic rings. The minimum atomic E-state index is 0.853. The van der Waals surface area contributed by atoms with E-state index in [9.17, 15) is 0 Å². The molecule has 0 bridgehead atoms. The highest BCUT2D eigenvalue weighted by Crippen LogP contribution is 2.16. The molecule has 0 saturated carbocycles. The van der Waals surface area contributed by atoms with Gasteiger partial charge in [0.05, 0.1) is 0 Å². The second kappa shape index (κ2) is 8.34. The fourth-order valence-corrected chi connectivity index (χ4v) is 2.18. The number of hydrogen-bond acceptors (Lipinski definition) is 5. The van der Waals surface area contributed by atoms with E-state index in [-0.39, 0.29) is 0 Å². The molecular formula is C17H25N5. The summed E-state index contributed by atoms with van der Waals surface area (Å²) in [5.74, 6) is 1.83. The molecule has 1 N–H and O–H groups in total. The van der Waals surface area contributed by atoms with E-state index in [0.717, 1.165) is 37.8 Å². The molecule has 0 spiro atoms. The molecular weight excluding hydrogens is 274 g/mol. The fourth-order valence-electron chi connectivity index (χ4n) is 2.18. The third-order valence-corrected chi connectivity index (χ3v) is 3.44. The lowest BCUT2D eigenvalue weighted by Crippen LogP contribution is -2.24. The average molecular weight is 299 g/mol. The topological polar surface area (TPSA) is 44.3 Å². The van der Waals surface area contributed by atoms with Gasteiger partial charge in [0.1, 0.15) is 18.0 Å². The van der Waals surface area contributed by atoms with Crippen LogP contribution in [0.5, 0.6) is 0 Å². The molecule has 0 aliphatic heterocycles. The van der Waals surface area contributed by atoms with Gasteiger partial charge < -0.3 is 15.1 Å². The number of anilines is 2. The molecule has 0 radical (unpaired) electrons. The van der Waals surface area contributed by atoms with Crippen molar-refractivity contribution >= 4 is 11.6 Å². The zero-order valence-electron chi connectivity index (χ0n) is 13.7. The van der Waals surface area contributed by atoms with Crippen molar-refractivity contribution in [1.82, 2.24) is 14.9 Å². The lowest BCUT2D eigenvalue weighted by atomic mass is 10.2. The van der Waals surface area contributed by atoms with Crippen LogP contribution in [0.4, 0.5) is 11.6 Å². The van der Waals surface area contributed by atoms with Crippen LogP contribution in [0.25, 0.3) is 0 Å². The van der Waals surface area contributed by atoms with Gasteiger partial charge in [-0.1, -0.05) is 30.3 Å². The van der Waals surface area contributed by atoms with Crippen LogP contribution >= 0.6 is 0 Å². The predicted molar refractivity (Wildman–Crippen MR) is 92.2 cm³/mol. The maximum Gasteiger partial charge on any atom is 0.134 e. The van der Waals surface area contributed by atoms with Crippen LogP contribution < -0.4 is 10.2 Å². The number of nitrogens with one attached hydrogen (secondary N) is 1. The van der Waals surface area contributed by atoms with Gasteiger partial charge in [-0.15, -0.1) is 0 Å². The van der Waals surface area contributed by atoms with Crippen molar-refractivity contribution in [2.24, 2.45) is 0 Å². The Bertz CT molecular complexity index is 556. The lowest BCUT2D eigenvalue weighted by Gasteiger charge is -2.22. The van der Waals surface area contributed by atoms with Crippen LogP contribution in [0.2, 0.25) is 0 Å². The first-order valence-electron chi connectivity index (χ1n) is 7.68. The van der Waals surface area contributed by atoms with Crippen molar-refractivity contribution in [1.29, 1.82) is 0 Å². The molecule has 1 heterocycles. The highest BCUT2D eigenvalue weighted by Gasteiger charge is 2.08. The molecule has 0 fully saturated rings. The minimum Gasteiger partial charge on any atom is -0.369 e. The van der Waals surface area contributed by atoms with E-state index in [0.29, 0.717) is 0 Å². The third kappa shape index (κ3) is 5.00. The van der Waals surface area contributed by atoms with Crippen molar-refractivity contribution in [2.45, 2.75) is 13.5 Å². The summed E-state index contributed by atoms with van der Waals surface area (Å²) in [6.07, 6.45) is 1.63. The van der Waals surface area contributed by atoms with Gasteiger partial charge in [0.25, 0.3) is 0 Å². The molecule has 118 valence electrons. The molecule has 0 unspecified atom stereocenters. The van der Waals surface area contributed by atoms with Crippen molar-refractivity contribution in [3.05, 3.63) is 48.3 Å². The summed E-state index contributed by atoms with van der Waals surface area (Å²) in [6.45, 7) is 5.74. The number of nitrogens with zero attached hydrogens (tertiary/aromatic N) is 4. The van der Waals surface area contributed by atoms with Crippen molar-refractivity contribution < 1.29 is 0 Å². The Labute approximate surface area is 133 Å². The van der Waals surface area contributed by atoms with E-state index < -0.39 is 0 Å². The van der Waals surface area contributed by atoms with E-state index in [2.05, 4.69) is 70.4 Å². The Morgan fingerprint density at radius 1 is 1.09 bits per heavy atom. The summed E-state index contributed by atoms with van der Waals surface area (Å²) in [5.41, 5.74) is 1.28. The van der Waals surface area contributed by atoms with Crippen LogP contribution in [0, 0.1) is 0 Å². The first kappa shape index (κ1) is 16.2. The quantitative estimate of drug-likeness (QED) is 0.811. The Balaban J connectivity index is 2.02. The molecule has 0 aliphatic carbocycles. The Morgan fingerprint density at radius 2 is 1.86 bits per heavy atom. The second-order valence-electron chi connectivity index (χ2n) is 5.49. The fraction of sp³-hybridized carbons (Fsp3) is 0.412. The molecule has 0 amide bonds. The largest absolute Gasteiger partial charge is 0.369 e. The highest BCUT2D eigenvalue weighted by molar-refractivity contribution is 5.48. The third-order valence-electron chi connectivity index (χ3n) is 3.44. The maximum atomic E-state index is 4.41. The Hall–Kier alpha value is -2.14. The van der Waals surface area contributed by atoms with Gasteiger partial charge in [-0.2, -0.15) is 0 Å². The van der Waals surface area contributed by atoms with E-state index in [1.807, 2.05) is 12.1 Å². The number of benzene rings is 1. The molecule has 1 aromatic carbocycles. The molecule has 5 heteroatoms. The molecule has 1 aromatic heterocycles. The van der Waals surface area contributed by atoms with E-state index >= 15 is 0 Å². The van der Waals surface area contributed by atoms with Crippen molar-refractivity contribution in [2.75, 3.05) is 43.9 Å². The van der Waals surface area contributed by atoms with Gasteiger partial charge in [0.15, 0.2) is 0 Å². The second-order valence-corrected chi connectivity index (χ2v) is 5.49. The molecule has 5 nitrogen and oxygen atoms in total. The molecule has 0 saturated heterocycles. The molecule has 0 atom stereocenters. The minimum absolute atomic E-state index is 0.853. The van der Waals surface area contributed by atoms with Crippen molar-refractivity contribution in [3.63, 3.8) is 0 Å². The van der Waals surface area contributed by atoms with Gasteiger partial charge in [-0.25, -0.2) is 9.97 Å². The van der Waals surface area contributed by atoms with Crippen LogP contribution in [0.1, 0.15) is 12.5 Å². The van der Waals surface area contributed by atoms with E-state index in [1.54, 1.807) is 6.33 Å². The van der Waals surface area contributed by atoms with E-state index in [4.69, 9.17) is 0 Å². The maximum absolute atomic E-state index is 4.41. The normalized spacial score (nSPS) is 10.7. The van der Waals surface area contributed by atoms with Crippen LogP contribution in [0.15, 0.2) is 42.7 Å². The lowest BCUT2D eigenvalue weighted by molar-refractivity contribution is 0.425. The Morgan fingerprint density at radius 3 is 2.55 bits per heavy atom. The predicted octanol–water partition coefficient (Wildman–Crippen LogP) is 2.48. The van der Waals surface area contributed by atoms with Crippen molar-refractivity contribution in [3.8, 4) is 0 Å². The number of rotatable bonds is 8. The first-order chi connectivity index (χ1) is 10.7. The zero-order chi connectivity index (χ0) is 15.8. The average Bonchev–Trinajstić information content (AvgIpc) is 2.53. The molecule has 0 aliphatic rings. The molecule has 22 heavy (non-hydrogen) atoms. The summed E-state index contributed by atoms with van der Waals surface area (Å²) in [6, 6.07) is 12.5. The monoisotopic (exact) mass is 299 g/mol. The number of hydrogen-bond donors (Lipinski definition) is 1. The van der Waals surface area contributed by atoms with Crippen LogP contribution in [-0.4, -0.2) is 48.6 Å².